The lowest BCUT2D eigenvalue weighted by molar-refractivity contribution is -0.0979. The van der Waals surface area contributed by atoms with Gasteiger partial charge in [-0.05, 0) is 29.3 Å². The number of ether oxygens (including phenoxy) is 1. The highest BCUT2D eigenvalue weighted by Gasteiger charge is 2.37. The van der Waals surface area contributed by atoms with Crippen molar-refractivity contribution >= 4 is 33.0 Å². The molecule has 0 unspecified atom stereocenters. The summed E-state index contributed by atoms with van der Waals surface area (Å²) in [6.45, 7) is 3.46. The summed E-state index contributed by atoms with van der Waals surface area (Å²) in [6.07, 6.45) is 0. The van der Waals surface area contributed by atoms with Crippen LogP contribution >= 0.6 is 10.6 Å². The van der Waals surface area contributed by atoms with Crippen molar-refractivity contribution in [1.29, 1.82) is 0 Å². The molecule has 0 bridgehead atoms. The molecule has 0 saturated carbocycles. The Hall–Kier alpha value is -2.40. The van der Waals surface area contributed by atoms with Crippen molar-refractivity contribution in [2.45, 2.75) is 18.0 Å². The predicted molar refractivity (Wildman–Crippen MR) is 132 cm³/mol. The Balaban J connectivity index is 1.53. The fourth-order valence-electron chi connectivity index (χ4n) is 4.41. The van der Waals surface area contributed by atoms with Crippen LogP contribution < -0.4 is 16.0 Å². The quantitative estimate of drug-likeness (QED) is 0.372. The van der Waals surface area contributed by atoms with E-state index in [1.165, 1.54) is 0 Å². The number of nitrogens with two attached hydrogens (primary N) is 1. The molecule has 176 valence electrons. The van der Waals surface area contributed by atoms with Gasteiger partial charge in [-0.3, -0.25) is 9.11 Å². The number of pyridine rings is 1. The number of rotatable bonds is 6. The first-order valence-electron chi connectivity index (χ1n) is 11.1. The molecule has 33 heavy (non-hydrogen) atoms. The van der Waals surface area contributed by atoms with Crippen LogP contribution in [0.3, 0.4) is 0 Å². The highest BCUT2D eigenvalue weighted by atomic mass is 32.3. The van der Waals surface area contributed by atoms with Crippen LogP contribution in [0.25, 0.3) is 10.9 Å². The highest BCUT2D eigenvalue weighted by molar-refractivity contribution is 8.24. The van der Waals surface area contributed by atoms with E-state index >= 15 is 0 Å². The van der Waals surface area contributed by atoms with Crippen molar-refractivity contribution in [3.05, 3.63) is 59.7 Å². The fraction of sp³-hybridized carbons (Fsp3) is 0.375. The highest BCUT2D eigenvalue weighted by Crippen LogP contribution is 2.51. The SMILES string of the molecule is NCC1(CNc2cc(N3CCS(O)(O)c4ccccc4C3)nc3ccc(CO)cc23)COC1. The monoisotopic (exact) mass is 470 g/mol. The molecule has 1 aromatic heterocycles. The first-order valence-corrected chi connectivity index (χ1v) is 12.8. The number of anilines is 2. The number of hydrogen-bond acceptors (Lipinski definition) is 8. The number of hydrogen-bond donors (Lipinski definition) is 5. The number of aliphatic hydroxyl groups is 1. The van der Waals surface area contributed by atoms with Crippen LogP contribution in [0.2, 0.25) is 0 Å². The molecule has 1 fully saturated rings. The fourth-order valence-corrected chi connectivity index (χ4v) is 5.96. The summed E-state index contributed by atoms with van der Waals surface area (Å²) < 4.78 is 26.9. The number of nitrogens with zero attached hydrogens (tertiary/aromatic N) is 2. The van der Waals surface area contributed by atoms with Gasteiger partial charge in [-0.1, -0.05) is 24.3 Å². The Labute approximate surface area is 194 Å². The number of benzene rings is 2. The molecule has 2 aromatic carbocycles. The number of nitrogens with one attached hydrogen (secondary N) is 1. The third kappa shape index (κ3) is 4.28. The van der Waals surface area contributed by atoms with E-state index in [0.717, 1.165) is 33.5 Å². The Kier molecular flexibility index (Phi) is 5.94. The van der Waals surface area contributed by atoms with Gasteiger partial charge in [-0.15, -0.1) is 0 Å². The standard InChI is InChI=1S/C24H30N4O4S/c25-13-24(15-32-16-24)14-26-21-10-23(27-20-6-5-17(12-29)9-19(20)21)28-7-8-33(30,31)22-4-2-1-3-18(22)11-28/h1-6,9-10,29-31H,7-8,11-16,25H2,(H,26,27). The molecule has 0 radical (unpaired) electrons. The molecule has 6 N–H and O–H groups in total. The van der Waals surface area contributed by atoms with Crippen molar-refractivity contribution in [3.8, 4) is 0 Å². The zero-order valence-corrected chi connectivity index (χ0v) is 19.2. The van der Waals surface area contributed by atoms with Gasteiger partial charge in [0.25, 0.3) is 0 Å². The van der Waals surface area contributed by atoms with Gasteiger partial charge in [0.1, 0.15) is 5.82 Å². The normalized spacial score (nSPS) is 19.9. The first-order chi connectivity index (χ1) is 15.9. The van der Waals surface area contributed by atoms with Gasteiger partial charge >= 0.3 is 0 Å². The van der Waals surface area contributed by atoms with E-state index < -0.39 is 10.6 Å². The topological polar surface area (TPSA) is 124 Å². The van der Waals surface area contributed by atoms with Crippen LogP contribution in [0.1, 0.15) is 11.1 Å². The van der Waals surface area contributed by atoms with Gasteiger partial charge in [0.15, 0.2) is 0 Å². The van der Waals surface area contributed by atoms with E-state index in [1.807, 2.05) is 42.5 Å². The summed E-state index contributed by atoms with van der Waals surface area (Å²) in [6, 6.07) is 15.3. The van der Waals surface area contributed by atoms with Gasteiger partial charge in [-0.25, -0.2) is 4.98 Å². The van der Waals surface area contributed by atoms with Crippen molar-refractivity contribution in [2.75, 3.05) is 48.8 Å². The van der Waals surface area contributed by atoms with Gasteiger partial charge in [0, 0.05) is 48.7 Å². The smallest absolute Gasteiger partial charge is 0.131 e. The second-order valence-corrected chi connectivity index (χ2v) is 11.2. The predicted octanol–water partition coefficient (Wildman–Crippen LogP) is 3.24. The number of aromatic nitrogens is 1. The van der Waals surface area contributed by atoms with E-state index in [9.17, 15) is 14.2 Å². The molecular weight excluding hydrogens is 440 g/mol. The maximum Gasteiger partial charge on any atom is 0.131 e. The third-order valence-corrected chi connectivity index (χ3v) is 8.46. The molecule has 0 spiro atoms. The van der Waals surface area contributed by atoms with Crippen LogP contribution in [0.15, 0.2) is 53.4 Å². The van der Waals surface area contributed by atoms with Crippen LogP contribution in [0.4, 0.5) is 11.5 Å². The average molecular weight is 471 g/mol. The van der Waals surface area contributed by atoms with E-state index in [2.05, 4.69) is 10.2 Å². The minimum Gasteiger partial charge on any atom is -0.392 e. The minimum absolute atomic E-state index is 0.0432. The van der Waals surface area contributed by atoms with Gasteiger partial charge in [0.2, 0.25) is 0 Å². The number of fused-ring (bicyclic) bond motifs is 2. The lowest BCUT2D eigenvalue weighted by atomic mass is 9.86. The molecule has 2 aliphatic heterocycles. The minimum atomic E-state index is -2.85. The van der Waals surface area contributed by atoms with E-state index in [1.54, 1.807) is 6.07 Å². The Bertz CT molecular complexity index is 1160. The first kappa shape index (κ1) is 22.4. The van der Waals surface area contributed by atoms with Gasteiger partial charge < -0.3 is 25.8 Å². The molecule has 0 amide bonds. The molecule has 3 aromatic rings. The summed E-state index contributed by atoms with van der Waals surface area (Å²) in [5.74, 6) is 1.02. The summed E-state index contributed by atoms with van der Waals surface area (Å²) >= 11 is 0. The molecule has 8 nitrogen and oxygen atoms in total. The Morgan fingerprint density at radius 1 is 1.15 bits per heavy atom. The molecule has 1 saturated heterocycles. The molecular formula is C24H30N4O4S. The molecule has 0 aliphatic carbocycles. The van der Waals surface area contributed by atoms with E-state index in [-0.39, 0.29) is 17.8 Å². The van der Waals surface area contributed by atoms with E-state index in [0.29, 0.717) is 44.3 Å². The lowest BCUT2D eigenvalue weighted by Gasteiger charge is -2.40. The zero-order chi connectivity index (χ0) is 23.1. The zero-order valence-electron chi connectivity index (χ0n) is 18.4. The van der Waals surface area contributed by atoms with Gasteiger partial charge in [-0.2, -0.15) is 10.6 Å². The second-order valence-electron chi connectivity index (χ2n) is 8.99. The maximum absolute atomic E-state index is 10.7. The van der Waals surface area contributed by atoms with Gasteiger partial charge in [0.05, 0.1) is 36.0 Å². The molecule has 5 rings (SSSR count). The van der Waals surface area contributed by atoms with Crippen molar-refractivity contribution in [2.24, 2.45) is 11.1 Å². The largest absolute Gasteiger partial charge is 0.392 e. The molecule has 3 heterocycles. The summed E-state index contributed by atoms with van der Waals surface area (Å²) in [5.41, 5.74) is 9.36. The van der Waals surface area contributed by atoms with E-state index in [4.69, 9.17) is 15.5 Å². The number of aliphatic hydroxyl groups excluding tert-OH is 1. The molecule has 0 atom stereocenters. The Morgan fingerprint density at radius 2 is 1.97 bits per heavy atom. The van der Waals surface area contributed by atoms with Crippen LogP contribution in [-0.4, -0.2) is 57.8 Å². The Morgan fingerprint density at radius 3 is 2.70 bits per heavy atom. The lowest BCUT2D eigenvalue weighted by Crippen LogP contribution is -2.52. The van der Waals surface area contributed by atoms with Crippen LogP contribution in [0, 0.1) is 5.41 Å². The summed E-state index contributed by atoms with van der Waals surface area (Å²) in [4.78, 5) is 7.61. The summed E-state index contributed by atoms with van der Waals surface area (Å²) in [5, 5.41) is 14.1. The summed E-state index contributed by atoms with van der Waals surface area (Å²) in [7, 11) is -2.85. The van der Waals surface area contributed by atoms with Crippen molar-refractivity contribution in [3.63, 3.8) is 0 Å². The van der Waals surface area contributed by atoms with Crippen molar-refractivity contribution in [1.82, 2.24) is 4.98 Å². The third-order valence-electron chi connectivity index (χ3n) is 6.60. The van der Waals surface area contributed by atoms with Crippen LogP contribution in [-0.2, 0) is 17.9 Å². The van der Waals surface area contributed by atoms with Crippen LogP contribution in [0.5, 0.6) is 0 Å². The molecule has 9 heteroatoms. The second kappa shape index (κ2) is 8.75. The average Bonchev–Trinajstić information content (AvgIpc) is 2.94. The van der Waals surface area contributed by atoms with Crippen molar-refractivity contribution < 1.29 is 18.9 Å². The molecule has 2 aliphatic rings. The maximum atomic E-state index is 10.7.